The molecule has 1 amide bonds. The lowest BCUT2D eigenvalue weighted by atomic mass is 10.1. The Morgan fingerprint density at radius 3 is 2.58 bits per heavy atom. The van der Waals surface area contributed by atoms with Crippen molar-refractivity contribution in [1.29, 1.82) is 0 Å². The molecule has 2 atom stereocenters. The second-order valence-electron chi connectivity index (χ2n) is 7.88. The molecule has 0 N–H and O–H groups in total. The van der Waals surface area contributed by atoms with Crippen molar-refractivity contribution >= 4 is 27.7 Å². The van der Waals surface area contributed by atoms with Gasteiger partial charge < -0.3 is 9.47 Å². The molecule has 1 saturated carbocycles. The first-order chi connectivity index (χ1) is 12.6. The second kappa shape index (κ2) is 5.83. The van der Waals surface area contributed by atoms with Crippen LogP contribution in [0, 0.1) is 18.7 Å². The lowest BCUT2D eigenvalue weighted by Crippen LogP contribution is -2.37. The number of piperidine rings is 1. The van der Waals surface area contributed by atoms with Gasteiger partial charge in [-0.25, -0.2) is 4.39 Å². The highest BCUT2D eigenvalue weighted by Crippen LogP contribution is 2.38. The maximum Gasteiger partial charge on any atom is 0.226 e. The topological polar surface area (TPSA) is 25.2 Å². The summed E-state index contributed by atoms with van der Waals surface area (Å²) in [6, 6.07) is 11.9. The van der Waals surface area contributed by atoms with Gasteiger partial charge in [-0.05, 0) is 62.9 Å². The van der Waals surface area contributed by atoms with Crippen molar-refractivity contribution in [2.45, 2.75) is 45.2 Å². The number of fused-ring (bicyclic) bond motifs is 5. The standard InChI is InChI=1S/C22H23FN2O/c1-14-3-7-20-18(11-14)19-13-16(23)5-8-21(19)25(20)10-2-9-24-17-6-4-15(12-17)22(24)26/h3,5,7-8,11,13,15,17H,2,4,6,9-10,12H2,1H3/t15-,17+/m1/s1. The van der Waals surface area contributed by atoms with Crippen LogP contribution < -0.4 is 0 Å². The van der Waals surface area contributed by atoms with Crippen molar-refractivity contribution in [2.24, 2.45) is 5.92 Å². The largest absolute Gasteiger partial charge is 0.340 e. The Balaban J connectivity index is 1.45. The van der Waals surface area contributed by atoms with E-state index < -0.39 is 0 Å². The molecule has 26 heavy (non-hydrogen) atoms. The first kappa shape index (κ1) is 15.9. The molecule has 134 valence electrons. The Bertz CT molecular complexity index is 963. The Morgan fingerprint density at radius 2 is 1.81 bits per heavy atom. The number of carbonyl (C=O) groups excluding carboxylic acids is 1. The number of carbonyl (C=O) groups is 1. The summed E-state index contributed by atoms with van der Waals surface area (Å²) >= 11 is 0. The molecule has 2 aromatic carbocycles. The fourth-order valence-electron chi connectivity index (χ4n) is 5.00. The Labute approximate surface area is 152 Å². The summed E-state index contributed by atoms with van der Waals surface area (Å²) in [6.07, 6.45) is 4.24. The minimum absolute atomic E-state index is 0.197. The van der Waals surface area contributed by atoms with E-state index in [0.29, 0.717) is 17.9 Å². The third-order valence-corrected chi connectivity index (χ3v) is 6.24. The van der Waals surface area contributed by atoms with Gasteiger partial charge in [-0.3, -0.25) is 4.79 Å². The minimum atomic E-state index is -0.197. The third kappa shape index (κ3) is 2.35. The summed E-state index contributed by atoms with van der Waals surface area (Å²) in [5.74, 6) is 0.456. The monoisotopic (exact) mass is 350 g/mol. The number of hydrogen-bond donors (Lipinski definition) is 0. The molecule has 1 aliphatic carbocycles. The van der Waals surface area contributed by atoms with E-state index in [4.69, 9.17) is 0 Å². The van der Waals surface area contributed by atoms with Gasteiger partial charge in [0.2, 0.25) is 5.91 Å². The van der Waals surface area contributed by atoms with E-state index in [1.165, 1.54) is 18.1 Å². The summed E-state index contributed by atoms with van der Waals surface area (Å²) in [7, 11) is 0. The maximum atomic E-state index is 13.8. The number of amides is 1. The van der Waals surface area contributed by atoms with Gasteiger partial charge in [0.15, 0.2) is 0 Å². The fourth-order valence-corrected chi connectivity index (χ4v) is 5.00. The summed E-state index contributed by atoms with van der Waals surface area (Å²) in [6.45, 7) is 3.74. The third-order valence-electron chi connectivity index (χ3n) is 6.24. The quantitative estimate of drug-likeness (QED) is 0.673. The SMILES string of the molecule is Cc1ccc2c(c1)c1cc(F)ccc1n2CCCN1C(=O)[C@@H]2CC[C@H]1C2. The maximum absolute atomic E-state index is 13.8. The van der Waals surface area contributed by atoms with E-state index in [-0.39, 0.29) is 5.82 Å². The van der Waals surface area contributed by atoms with Gasteiger partial charge in [-0.1, -0.05) is 11.6 Å². The normalized spacial score (nSPS) is 22.2. The number of likely N-dealkylation sites (tertiary alicyclic amines) is 1. The van der Waals surface area contributed by atoms with Crippen LogP contribution in [0.4, 0.5) is 4.39 Å². The zero-order valence-electron chi connectivity index (χ0n) is 15.0. The van der Waals surface area contributed by atoms with Crippen LogP contribution in [-0.4, -0.2) is 28.0 Å². The molecule has 2 aliphatic rings. The lowest BCUT2D eigenvalue weighted by molar-refractivity contribution is -0.134. The summed E-state index contributed by atoms with van der Waals surface area (Å²) in [4.78, 5) is 14.4. The van der Waals surface area contributed by atoms with Crippen LogP contribution in [-0.2, 0) is 11.3 Å². The summed E-state index contributed by atoms with van der Waals surface area (Å²) < 4.78 is 16.1. The van der Waals surface area contributed by atoms with Gasteiger partial charge in [0, 0.05) is 46.9 Å². The predicted octanol–water partition coefficient (Wildman–Crippen LogP) is 4.64. The number of nitrogens with zero attached hydrogens (tertiary/aromatic N) is 2. The molecule has 1 aliphatic heterocycles. The minimum Gasteiger partial charge on any atom is -0.340 e. The van der Waals surface area contributed by atoms with Crippen LogP contribution in [0.2, 0.25) is 0 Å². The smallest absolute Gasteiger partial charge is 0.226 e. The van der Waals surface area contributed by atoms with Crippen LogP contribution in [0.25, 0.3) is 21.8 Å². The molecule has 2 fully saturated rings. The van der Waals surface area contributed by atoms with Crippen LogP contribution in [0.3, 0.4) is 0 Å². The Kier molecular flexibility index (Phi) is 3.56. The number of rotatable bonds is 4. The number of benzene rings is 2. The molecule has 1 saturated heterocycles. The number of aromatic nitrogens is 1. The second-order valence-corrected chi connectivity index (χ2v) is 7.88. The molecule has 1 aromatic heterocycles. The van der Waals surface area contributed by atoms with Gasteiger partial charge in [-0.2, -0.15) is 0 Å². The average molecular weight is 350 g/mol. The molecule has 3 nitrogen and oxygen atoms in total. The molecule has 0 spiro atoms. The first-order valence-corrected chi connectivity index (χ1v) is 9.60. The van der Waals surface area contributed by atoms with E-state index in [1.807, 2.05) is 6.07 Å². The molecule has 0 radical (unpaired) electrons. The van der Waals surface area contributed by atoms with Crippen molar-refractivity contribution in [3.05, 3.63) is 47.8 Å². The van der Waals surface area contributed by atoms with Crippen LogP contribution >= 0.6 is 0 Å². The molecule has 5 rings (SSSR count). The van der Waals surface area contributed by atoms with E-state index >= 15 is 0 Å². The van der Waals surface area contributed by atoms with Crippen molar-refractivity contribution < 1.29 is 9.18 Å². The van der Waals surface area contributed by atoms with Crippen molar-refractivity contribution in [3.8, 4) is 0 Å². The predicted molar refractivity (Wildman–Crippen MR) is 102 cm³/mol. The highest BCUT2D eigenvalue weighted by molar-refractivity contribution is 6.08. The fraction of sp³-hybridized carbons (Fsp3) is 0.409. The zero-order chi connectivity index (χ0) is 17.8. The number of aryl methyl sites for hydroxylation is 2. The average Bonchev–Trinajstić information content (AvgIpc) is 3.29. The van der Waals surface area contributed by atoms with Crippen molar-refractivity contribution in [1.82, 2.24) is 9.47 Å². The van der Waals surface area contributed by atoms with Gasteiger partial charge in [0.05, 0.1) is 0 Å². The van der Waals surface area contributed by atoms with Crippen LogP contribution in [0.5, 0.6) is 0 Å². The van der Waals surface area contributed by atoms with Crippen molar-refractivity contribution in [3.63, 3.8) is 0 Å². The van der Waals surface area contributed by atoms with E-state index in [2.05, 4.69) is 34.6 Å². The van der Waals surface area contributed by atoms with Crippen LogP contribution in [0.1, 0.15) is 31.2 Å². The summed E-state index contributed by atoms with van der Waals surface area (Å²) in [5.41, 5.74) is 3.39. The van der Waals surface area contributed by atoms with Gasteiger partial charge in [0.25, 0.3) is 0 Å². The number of halogens is 1. The highest BCUT2D eigenvalue weighted by Gasteiger charge is 2.43. The zero-order valence-corrected chi connectivity index (χ0v) is 15.0. The number of hydrogen-bond acceptors (Lipinski definition) is 1. The first-order valence-electron chi connectivity index (χ1n) is 9.60. The van der Waals surface area contributed by atoms with E-state index in [1.54, 1.807) is 6.07 Å². The van der Waals surface area contributed by atoms with E-state index in [9.17, 15) is 9.18 Å². The van der Waals surface area contributed by atoms with Gasteiger partial charge in [-0.15, -0.1) is 0 Å². The molecule has 2 bridgehead atoms. The molecular formula is C22H23FN2O. The van der Waals surface area contributed by atoms with Crippen LogP contribution in [0.15, 0.2) is 36.4 Å². The Hall–Kier alpha value is -2.36. The molecule has 3 aromatic rings. The van der Waals surface area contributed by atoms with Gasteiger partial charge >= 0.3 is 0 Å². The molecule has 4 heteroatoms. The molecular weight excluding hydrogens is 327 g/mol. The molecule has 2 heterocycles. The lowest BCUT2D eigenvalue weighted by Gasteiger charge is -2.27. The highest BCUT2D eigenvalue weighted by atomic mass is 19.1. The van der Waals surface area contributed by atoms with E-state index in [0.717, 1.165) is 54.2 Å². The Morgan fingerprint density at radius 1 is 1.04 bits per heavy atom. The van der Waals surface area contributed by atoms with Crippen molar-refractivity contribution in [2.75, 3.05) is 6.54 Å². The summed E-state index contributed by atoms with van der Waals surface area (Å²) in [5, 5.41) is 2.08. The van der Waals surface area contributed by atoms with Gasteiger partial charge in [0.1, 0.15) is 5.82 Å². The molecule has 0 unspecified atom stereocenters.